The zero-order valence-corrected chi connectivity index (χ0v) is 13.4. The van der Waals surface area contributed by atoms with Crippen LogP contribution >= 0.6 is 0 Å². The predicted molar refractivity (Wildman–Crippen MR) is 91.5 cm³/mol. The summed E-state index contributed by atoms with van der Waals surface area (Å²) in [6.45, 7) is 2.82. The number of aromatic nitrogens is 1. The number of hydrogen-bond acceptors (Lipinski definition) is 3. The zero-order chi connectivity index (χ0) is 16.1. The second-order valence-electron chi connectivity index (χ2n) is 6.41. The summed E-state index contributed by atoms with van der Waals surface area (Å²) in [6.07, 6.45) is 6.07. The number of likely N-dealkylation sites (tertiary alicyclic amines) is 1. The Morgan fingerprint density at radius 3 is 2.57 bits per heavy atom. The predicted octanol–water partition coefficient (Wildman–Crippen LogP) is 2.93. The van der Waals surface area contributed by atoms with Gasteiger partial charge in [-0.15, -0.1) is 0 Å². The third-order valence-corrected chi connectivity index (χ3v) is 4.81. The first-order chi connectivity index (χ1) is 11.2. The topological polar surface area (TPSA) is 56.3 Å². The van der Waals surface area contributed by atoms with E-state index in [2.05, 4.69) is 9.88 Å². The number of H-pyrrole nitrogens is 1. The number of nitrogens with one attached hydrogen (secondary N) is 1. The highest BCUT2D eigenvalue weighted by Gasteiger charge is 2.20. The number of para-hydroxylation sites is 1. The molecule has 1 aromatic heterocycles. The Bertz CT molecular complexity index is 688. The summed E-state index contributed by atoms with van der Waals surface area (Å²) in [7, 11) is 0. The Morgan fingerprint density at radius 2 is 1.83 bits per heavy atom. The van der Waals surface area contributed by atoms with Gasteiger partial charge in [0.2, 0.25) is 0 Å². The van der Waals surface area contributed by atoms with E-state index in [-0.39, 0.29) is 5.56 Å². The van der Waals surface area contributed by atoms with Crippen molar-refractivity contribution in [3.05, 3.63) is 64.1 Å². The van der Waals surface area contributed by atoms with Crippen molar-refractivity contribution in [2.75, 3.05) is 13.1 Å². The first-order valence-corrected chi connectivity index (χ1v) is 8.38. The summed E-state index contributed by atoms with van der Waals surface area (Å²) in [4.78, 5) is 16.8. The molecule has 0 atom stereocenters. The first-order valence-electron chi connectivity index (χ1n) is 8.38. The summed E-state index contributed by atoms with van der Waals surface area (Å²) in [6, 6.07) is 11.4. The van der Waals surface area contributed by atoms with Crippen LogP contribution in [-0.2, 0) is 13.0 Å². The lowest BCUT2D eigenvalue weighted by Crippen LogP contribution is -2.34. The van der Waals surface area contributed by atoms with Crippen molar-refractivity contribution in [1.29, 1.82) is 0 Å². The van der Waals surface area contributed by atoms with Gasteiger partial charge in [0.15, 0.2) is 0 Å². The molecule has 4 nitrogen and oxygen atoms in total. The van der Waals surface area contributed by atoms with Crippen LogP contribution in [0.2, 0.25) is 0 Å². The molecule has 23 heavy (non-hydrogen) atoms. The number of aryl methyl sites for hydroxylation is 1. The number of phenolic OH excluding ortho intramolecular Hbond substituents is 1. The Balaban J connectivity index is 1.46. The molecule has 122 valence electrons. The zero-order valence-electron chi connectivity index (χ0n) is 13.4. The summed E-state index contributed by atoms with van der Waals surface area (Å²) in [5, 5.41) is 9.83. The molecule has 0 bridgehead atoms. The van der Waals surface area contributed by atoms with E-state index in [0.29, 0.717) is 11.7 Å². The van der Waals surface area contributed by atoms with E-state index >= 15 is 0 Å². The van der Waals surface area contributed by atoms with Crippen LogP contribution in [0, 0.1) is 5.92 Å². The van der Waals surface area contributed by atoms with E-state index in [4.69, 9.17) is 0 Å². The van der Waals surface area contributed by atoms with E-state index in [1.807, 2.05) is 30.3 Å². The molecule has 2 N–H and O–H groups in total. The molecule has 3 rings (SSSR count). The largest absolute Gasteiger partial charge is 0.508 e. The second-order valence-corrected chi connectivity index (χ2v) is 6.41. The van der Waals surface area contributed by atoms with Gasteiger partial charge in [0.1, 0.15) is 5.75 Å². The van der Waals surface area contributed by atoms with Gasteiger partial charge < -0.3 is 10.1 Å². The molecule has 0 aliphatic carbocycles. The molecule has 4 heteroatoms. The Morgan fingerprint density at radius 1 is 1.09 bits per heavy atom. The highest BCUT2D eigenvalue weighted by Crippen LogP contribution is 2.25. The molecule has 0 radical (unpaired) electrons. The van der Waals surface area contributed by atoms with Gasteiger partial charge >= 0.3 is 0 Å². The number of nitrogens with zero attached hydrogens (tertiary/aromatic N) is 1. The lowest BCUT2D eigenvalue weighted by atomic mass is 9.90. The van der Waals surface area contributed by atoms with Gasteiger partial charge in [-0.25, -0.2) is 0 Å². The molecule has 2 aromatic rings. The average Bonchev–Trinajstić information content (AvgIpc) is 2.57. The van der Waals surface area contributed by atoms with Gasteiger partial charge in [-0.3, -0.25) is 9.69 Å². The molecule has 1 aliphatic rings. The summed E-state index contributed by atoms with van der Waals surface area (Å²) < 4.78 is 0. The summed E-state index contributed by atoms with van der Waals surface area (Å²) >= 11 is 0. The van der Waals surface area contributed by atoms with E-state index in [9.17, 15) is 9.90 Å². The van der Waals surface area contributed by atoms with Crippen molar-refractivity contribution in [1.82, 2.24) is 9.88 Å². The Kier molecular flexibility index (Phi) is 5.13. The van der Waals surface area contributed by atoms with E-state index in [0.717, 1.165) is 43.6 Å². The van der Waals surface area contributed by atoms with Gasteiger partial charge in [-0.1, -0.05) is 24.3 Å². The van der Waals surface area contributed by atoms with Gasteiger partial charge in [0.05, 0.1) is 0 Å². The number of aromatic hydroxyl groups is 1. The maximum atomic E-state index is 11.7. The van der Waals surface area contributed by atoms with Crippen LogP contribution < -0.4 is 5.56 Å². The van der Waals surface area contributed by atoms with Crippen LogP contribution in [0.5, 0.6) is 5.75 Å². The molecule has 0 unspecified atom stereocenters. The maximum absolute atomic E-state index is 11.7. The van der Waals surface area contributed by atoms with Crippen molar-refractivity contribution in [3.63, 3.8) is 0 Å². The normalized spacial score (nSPS) is 16.5. The van der Waals surface area contributed by atoms with Crippen molar-refractivity contribution in [2.24, 2.45) is 5.92 Å². The number of benzene rings is 1. The number of pyridine rings is 1. The SMILES string of the molecule is O=c1[nH]cccc1CN1CCC(CCc2ccccc2O)CC1. The number of hydrogen-bond donors (Lipinski definition) is 2. The van der Waals surface area contributed by atoms with Crippen LogP contribution in [0.1, 0.15) is 30.4 Å². The van der Waals surface area contributed by atoms with Crippen LogP contribution in [0.15, 0.2) is 47.4 Å². The number of rotatable bonds is 5. The third kappa shape index (κ3) is 4.23. The first kappa shape index (κ1) is 15.8. The molecule has 1 aliphatic heterocycles. The third-order valence-electron chi connectivity index (χ3n) is 4.81. The monoisotopic (exact) mass is 312 g/mol. The fraction of sp³-hybridized carbons (Fsp3) is 0.421. The van der Waals surface area contributed by atoms with E-state index < -0.39 is 0 Å². The molecular weight excluding hydrogens is 288 g/mol. The van der Waals surface area contributed by atoms with Crippen molar-refractivity contribution in [2.45, 2.75) is 32.2 Å². The highest BCUT2D eigenvalue weighted by atomic mass is 16.3. The fourth-order valence-electron chi connectivity index (χ4n) is 3.34. The standard InChI is InChI=1S/C19H24N2O2/c22-18-6-2-1-4-16(18)8-7-15-9-12-21(13-10-15)14-17-5-3-11-20-19(17)23/h1-6,11,15,22H,7-10,12-14H2,(H,20,23). The quantitative estimate of drug-likeness (QED) is 0.892. The van der Waals surface area contributed by atoms with Gasteiger partial charge in [-0.05, 0) is 62.4 Å². The molecule has 0 saturated carbocycles. The lowest BCUT2D eigenvalue weighted by Gasteiger charge is -2.31. The van der Waals surface area contributed by atoms with Crippen molar-refractivity contribution < 1.29 is 5.11 Å². The number of aromatic amines is 1. The van der Waals surface area contributed by atoms with Crippen LogP contribution in [-0.4, -0.2) is 28.1 Å². The number of phenols is 1. The van der Waals surface area contributed by atoms with E-state index in [1.54, 1.807) is 12.3 Å². The van der Waals surface area contributed by atoms with Gasteiger partial charge in [0, 0.05) is 18.3 Å². The molecular formula is C19H24N2O2. The fourth-order valence-corrected chi connectivity index (χ4v) is 3.34. The van der Waals surface area contributed by atoms with Crippen LogP contribution in [0.25, 0.3) is 0 Å². The second kappa shape index (κ2) is 7.47. The molecule has 0 spiro atoms. The van der Waals surface area contributed by atoms with Crippen molar-refractivity contribution in [3.8, 4) is 5.75 Å². The Labute approximate surface area is 136 Å². The minimum absolute atomic E-state index is 0.0224. The molecule has 2 heterocycles. The van der Waals surface area contributed by atoms with Gasteiger partial charge in [-0.2, -0.15) is 0 Å². The molecule has 0 amide bonds. The smallest absolute Gasteiger partial charge is 0.252 e. The molecule has 1 saturated heterocycles. The highest BCUT2D eigenvalue weighted by molar-refractivity contribution is 5.31. The van der Waals surface area contributed by atoms with Crippen molar-refractivity contribution >= 4 is 0 Å². The minimum atomic E-state index is 0.0224. The lowest BCUT2D eigenvalue weighted by molar-refractivity contribution is 0.172. The average molecular weight is 312 g/mol. The van der Waals surface area contributed by atoms with Crippen LogP contribution in [0.4, 0.5) is 0 Å². The number of piperidine rings is 1. The van der Waals surface area contributed by atoms with E-state index in [1.165, 1.54) is 12.8 Å². The maximum Gasteiger partial charge on any atom is 0.252 e. The molecule has 1 aromatic carbocycles. The summed E-state index contributed by atoms with van der Waals surface area (Å²) in [5.74, 6) is 1.12. The van der Waals surface area contributed by atoms with Gasteiger partial charge in [0.25, 0.3) is 5.56 Å². The minimum Gasteiger partial charge on any atom is -0.508 e. The van der Waals surface area contributed by atoms with Crippen LogP contribution in [0.3, 0.4) is 0 Å². The molecule has 1 fully saturated rings. The Hall–Kier alpha value is -2.07. The summed E-state index contributed by atoms with van der Waals surface area (Å²) in [5.41, 5.74) is 1.92.